The molecule has 0 radical (unpaired) electrons. The summed E-state index contributed by atoms with van der Waals surface area (Å²) in [5.74, 6) is -0.202. The van der Waals surface area contributed by atoms with Crippen molar-refractivity contribution in [2.24, 2.45) is 5.92 Å². The fourth-order valence-electron chi connectivity index (χ4n) is 3.26. The number of rotatable bonds is 5. The minimum Gasteiger partial charge on any atom is -0.482 e. The maximum absolute atomic E-state index is 12.3. The normalized spacial score (nSPS) is 18.1. The van der Waals surface area contributed by atoms with Crippen LogP contribution in [0.25, 0.3) is 0 Å². The molecular weight excluding hydrogens is 336 g/mol. The maximum Gasteiger partial charge on any atom is 0.339 e. The van der Waals surface area contributed by atoms with Crippen molar-refractivity contribution in [3.05, 3.63) is 23.8 Å². The lowest BCUT2D eigenvalue weighted by Crippen LogP contribution is -2.38. The monoisotopic (exact) mass is 360 g/mol. The zero-order valence-corrected chi connectivity index (χ0v) is 14.9. The molecule has 0 saturated heterocycles. The van der Waals surface area contributed by atoms with Gasteiger partial charge in [-0.25, -0.2) is 4.79 Å². The molecule has 1 aromatic rings. The second-order valence-electron chi connectivity index (χ2n) is 6.84. The minimum absolute atomic E-state index is 0.0918. The zero-order chi connectivity index (χ0) is 18.5. The van der Waals surface area contributed by atoms with Crippen LogP contribution in [0.3, 0.4) is 0 Å². The van der Waals surface area contributed by atoms with Gasteiger partial charge < -0.3 is 20.1 Å². The number of carbonyl (C=O) groups excluding carboxylic acids is 3. The van der Waals surface area contributed by atoms with Crippen LogP contribution in [0, 0.1) is 5.92 Å². The number of amides is 2. The first-order valence-corrected chi connectivity index (χ1v) is 9.08. The SMILES string of the molecule is CC(OC(=O)c1ccc2c(c1)OCC(=O)N2)C(=O)NCC1CCCCC1. The van der Waals surface area contributed by atoms with E-state index in [0.717, 1.165) is 12.8 Å². The van der Waals surface area contributed by atoms with Crippen molar-refractivity contribution in [1.82, 2.24) is 5.32 Å². The summed E-state index contributed by atoms with van der Waals surface area (Å²) < 4.78 is 10.5. The van der Waals surface area contributed by atoms with Gasteiger partial charge in [0.2, 0.25) is 0 Å². The Morgan fingerprint density at radius 3 is 2.85 bits per heavy atom. The van der Waals surface area contributed by atoms with Gasteiger partial charge in [-0.05, 0) is 43.9 Å². The van der Waals surface area contributed by atoms with Crippen LogP contribution in [0.5, 0.6) is 5.75 Å². The molecule has 26 heavy (non-hydrogen) atoms. The van der Waals surface area contributed by atoms with Crippen molar-refractivity contribution < 1.29 is 23.9 Å². The Bertz CT molecular complexity index is 697. The molecule has 0 bridgehead atoms. The van der Waals surface area contributed by atoms with Gasteiger partial charge in [0.15, 0.2) is 12.7 Å². The van der Waals surface area contributed by atoms with E-state index in [4.69, 9.17) is 9.47 Å². The van der Waals surface area contributed by atoms with Crippen LogP contribution in [-0.4, -0.2) is 37.0 Å². The van der Waals surface area contributed by atoms with Crippen LogP contribution in [-0.2, 0) is 14.3 Å². The molecule has 1 atom stereocenters. The molecule has 1 aliphatic heterocycles. The smallest absolute Gasteiger partial charge is 0.339 e. The van der Waals surface area contributed by atoms with E-state index in [2.05, 4.69) is 10.6 Å². The molecule has 3 rings (SSSR count). The fourth-order valence-corrected chi connectivity index (χ4v) is 3.26. The molecule has 7 nitrogen and oxygen atoms in total. The zero-order valence-electron chi connectivity index (χ0n) is 14.9. The molecule has 2 N–H and O–H groups in total. The molecule has 1 saturated carbocycles. The minimum atomic E-state index is -0.872. The lowest BCUT2D eigenvalue weighted by molar-refractivity contribution is -0.129. The van der Waals surface area contributed by atoms with Crippen molar-refractivity contribution in [3.8, 4) is 5.75 Å². The Labute approximate surface area is 152 Å². The Kier molecular flexibility index (Phi) is 5.75. The van der Waals surface area contributed by atoms with Gasteiger partial charge in [0.05, 0.1) is 11.3 Å². The Morgan fingerprint density at radius 2 is 2.08 bits per heavy atom. The van der Waals surface area contributed by atoms with E-state index in [1.165, 1.54) is 31.4 Å². The molecule has 1 aromatic carbocycles. The first-order chi connectivity index (χ1) is 12.5. The summed E-state index contributed by atoms with van der Waals surface area (Å²) in [6, 6.07) is 4.61. The van der Waals surface area contributed by atoms with E-state index >= 15 is 0 Å². The highest BCUT2D eigenvalue weighted by Gasteiger charge is 2.23. The number of carbonyl (C=O) groups is 3. The first kappa shape index (κ1) is 18.2. The van der Waals surface area contributed by atoms with E-state index in [1.54, 1.807) is 13.0 Å². The number of hydrogen-bond acceptors (Lipinski definition) is 5. The van der Waals surface area contributed by atoms with Gasteiger partial charge in [-0.15, -0.1) is 0 Å². The molecular formula is C19H24N2O5. The Morgan fingerprint density at radius 1 is 1.31 bits per heavy atom. The fraction of sp³-hybridized carbons (Fsp3) is 0.526. The highest BCUT2D eigenvalue weighted by molar-refractivity contribution is 5.98. The Balaban J connectivity index is 1.52. The molecule has 1 aliphatic carbocycles. The van der Waals surface area contributed by atoms with E-state index in [9.17, 15) is 14.4 Å². The summed E-state index contributed by atoms with van der Waals surface area (Å²) in [6.45, 7) is 2.10. The molecule has 2 aliphatic rings. The average molecular weight is 360 g/mol. The summed E-state index contributed by atoms with van der Waals surface area (Å²) in [5.41, 5.74) is 0.780. The van der Waals surface area contributed by atoms with Gasteiger partial charge in [-0.3, -0.25) is 9.59 Å². The van der Waals surface area contributed by atoms with Crippen LogP contribution in [0.15, 0.2) is 18.2 Å². The van der Waals surface area contributed by atoms with Crippen LogP contribution < -0.4 is 15.4 Å². The summed E-state index contributed by atoms with van der Waals surface area (Å²) in [4.78, 5) is 35.7. The summed E-state index contributed by atoms with van der Waals surface area (Å²) in [7, 11) is 0. The molecule has 7 heteroatoms. The third-order valence-electron chi connectivity index (χ3n) is 4.79. The van der Waals surface area contributed by atoms with Gasteiger partial charge in [-0.2, -0.15) is 0 Å². The largest absolute Gasteiger partial charge is 0.482 e. The molecule has 2 amide bonds. The number of esters is 1. The standard InChI is InChI=1S/C19H24N2O5/c1-12(18(23)20-10-13-5-3-2-4-6-13)26-19(24)14-7-8-15-16(9-14)25-11-17(22)21-15/h7-9,12-13H,2-6,10-11H2,1H3,(H,20,23)(H,21,22). The number of anilines is 1. The number of nitrogens with one attached hydrogen (secondary N) is 2. The van der Waals surface area contributed by atoms with Crippen LogP contribution in [0.4, 0.5) is 5.69 Å². The number of hydrogen-bond donors (Lipinski definition) is 2. The number of ether oxygens (including phenoxy) is 2. The predicted molar refractivity (Wildman–Crippen MR) is 95.0 cm³/mol. The molecule has 1 heterocycles. The second-order valence-corrected chi connectivity index (χ2v) is 6.84. The topological polar surface area (TPSA) is 93.7 Å². The van der Waals surface area contributed by atoms with Crippen molar-refractivity contribution >= 4 is 23.5 Å². The van der Waals surface area contributed by atoms with E-state index in [-0.39, 0.29) is 24.0 Å². The lowest BCUT2D eigenvalue weighted by atomic mass is 9.89. The summed E-state index contributed by atoms with van der Waals surface area (Å²) in [6.07, 6.45) is 5.10. The Hall–Kier alpha value is -2.57. The lowest BCUT2D eigenvalue weighted by Gasteiger charge is -2.22. The molecule has 1 fully saturated rings. The van der Waals surface area contributed by atoms with Gasteiger partial charge in [0.1, 0.15) is 5.75 Å². The highest BCUT2D eigenvalue weighted by Crippen LogP contribution is 2.29. The predicted octanol–water partition coefficient (Wildman–Crippen LogP) is 2.26. The van der Waals surface area contributed by atoms with Gasteiger partial charge >= 0.3 is 5.97 Å². The number of fused-ring (bicyclic) bond motifs is 1. The van der Waals surface area contributed by atoms with Crippen molar-refractivity contribution in [1.29, 1.82) is 0 Å². The van der Waals surface area contributed by atoms with E-state index in [0.29, 0.717) is 23.9 Å². The molecule has 0 aromatic heterocycles. The first-order valence-electron chi connectivity index (χ1n) is 9.08. The van der Waals surface area contributed by atoms with Crippen molar-refractivity contribution in [2.75, 3.05) is 18.5 Å². The number of benzene rings is 1. The van der Waals surface area contributed by atoms with E-state index in [1.807, 2.05) is 0 Å². The third-order valence-corrected chi connectivity index (χ3v) is 4.79. The van der Waals surface area contributed by atoms with Crippen molar-refractivity contribution in [2.45, 2.75) is 45.1 Å². The van der Waals surface area contributed by atoms with Gasteiger partial charge in [-0.1, -0.05) is 19.3 Å². The van der Waals surface area contributed by atoms with Gasteiger partial charge in [0.25, 0.3) is 11.8 Å². The molecule has 0 spiro atoms. The summed E-state index contributed by atoms with van der Waals surface area (Å²) in [5, 5.41) is 5.53. The summed E-state index contributed by atoms with van der Waals surface area (Å²) >= 11 is 0. The van der Waals surface area contributed by atoms with Crippen LogP contribution >= 0.6 is 0 Å². The van der Waals surface area contributed by atoms with Crippen LogP contribution in [0.2, 0.25) is 0 Å². The molecule has 140 valence electrons. The third kappa shape index (κ3) is 4.53. The quantitative estimate of drug-likeness (QED) is 0.786. The van der Waals surface area contributed by atoms with E-state index < -0.39 is 12.1 Å². The van der Waals surface area contributed by atoms with Crippen LogP contribution in [0.1, 0.15) is 49.4 Å². The highest BCUT2D eigenvalue weighted by atomic mass is 16.5. The average Bonchev–Trinajstić information content (AvgIpc) is 2.66. The van der Waals surface area contributed by atoms with Gasteiger partial charge in [0, 0.05) is 6.54 Å². The second kappa shape index (κ2) is 8.21. The van der Waals surface area contributed by atoms with Crippen molar-refractivity contribution in [3.63, 3.8) is 0 Å². The maximum atomic E-state index is 12.3. The molecule has 1 unspecified atom stereocenters.